The lowest BCUT2D eigenvalue weighted by atomic mass is 10.1. The number of amides is 1. The zero-order chi connectivity index (χ0) is 20.3. The summed E-state index contributed by atoms with van der Waals surface area (Å²) in [5.41, 5.74) is -0.447. The monoisotopic (exact) mass is 385 g/mol. The third-order valence-corrected chi connectivity index (χ3v) is 4.36. The first kappa shape index (κ1) is 19.3. The van der Waals surface area contributed by atoms with Crippen molar-refractivity contribution in [2.45, 2.75) is 32.2 Å². The molecule has 0 fully saturated rings. The zero-order valence-electron chi connectivity index (χ0n) is 15.5. The van der Waals surface area contributed by atoms with E-state index in [4.69, 9.17) is 4.42 Å². The molecule has 0 bridgehead atoms. The lowest BCUT2D eigenvalue weighted by Gasteiger charge is -2.19. The van der Waals surface area contributed by atoms with Crippen molar-refractivity contribution in [3.8, 4) is 11.3 Å². The summed E-state index contributed by atoms with van der Waals surface area (Å²) in [5.74, 6) is -0.697. The van der Waals surface area contributed by atoms with Gasteiger partial charge in [-0.05, 0) is 38.1 Å². The number of furan rings is 1. The average Bonchev–Trinajstić information content (AvgIpc) is 3.30. The maximum atomic E-state index is 13.8. The summed E-state index contributed by atoms with van der Waals surface area (Å²) in [4.78, 5) is 23.4. The van der Waals surface area contributed by atoms with Crippen molar-refractivity contribution in [3.63, 3.8) is 0 Å². The molecule has 1 amide bonds. The SMILES string of the molecule is CC(C)(C(=O)O)n1cc(NC(=O)CCc2ccc(-c3ccccc3F)o2)cn1. The molecule has 2 N–H and O–H groups in total. The molecule has 0 spiro atoms. The van der Waals surface area contributed by atoms with Crippen molar-refractivity contribution in [2.24, 2.45) is 0 Å². The first-order valence-electron chi connectivity index (χ1n) is 8.69. The number of hydrogen-bond donors (Lipinski definition) is 2. The maximum Gasteiger partial charge on any atom is 0.331 e. The molecule has 0 saturated carbocycles. The molecule has 0 radical (unpaired) electrons. The number of anilines is 1. The number of nitrogens with zero attached hydrogens (tertiary/aromatic N) is 2. The molecular formula is C20H20FN3O4. The molecule has 2 aromatic heterocycles. The Morgan fingerprint density at radius 3 is 2.71 bits per heavy atom. The Morgan fingerprint density at radius 1 is 1.25 bits per heavy atom. The molecule has 0 aliphatic heterocycles. The zero-order valence-corrected chi connectivity index (χ0v) is 15.5. The molecule has 3 rings (SSSR count). The van der Waals surface area contributed by atoms with Crippen molar-refractivity contribution in [3.05, 3.63) is 60.4 Å². The van der Waals surface area contributed by atoms with Crippen LogP contribution in [0.2, 0.25) is 0 Å². The number of hydrogen-bond acceptors (Lipinski definition) is 4. The van der Waals surface area contributed by atoms with Gasteiger partial charge in [0.05, 0.1) is 17.4 Å². The van der Waals surface area contributed by atoms with Crippen molar-refractivity contribution in [1.29, 1.82) is 0 Å². The second-order valence-electron chi connectivity index (χ2n) is 6.83. The van der Waals surface area contributed by atoms with E-state index in [0.29, 0.717) is 29.2 Å². The second kappa shape index (κ2) is 7.67. The predicted molar refractivity (Wildman–Crippen MR) is 100 cm³/mol. The second-order valence-corrected chi connectivity index (χ2v) is 6.83. The van der Waals surface area contributed by atoms with Crippen LogP contribution < -0.4 is 5.32 Å². The predicted octanol–water partition coefficient (Wildman–Crippen LogP) is 3.67. The highest BCUT2D eigenvalue weighted by Crippen LogP contribution is 2.25. The van der Waals surface area contributed by atoms with Crippen LogP contribution in [0.1, 0.15) is 26.0 Å². The minimum absolute atomic E-state index is 0.151. The number of halogens is 1. The van der Waals surface area contributed by atoms with Crippen LogP contribution in [-0.2, 0) is 21.5 Å². The van der Waals surface area contributed by atoms with Crippen LogP contribution in [0, 0.1) is 5.82 Å². The van der Waals surface area contributed by atoms with Gasteiger partial charge in [-0.2, -0.15) is 5.10 Å². The molecule has 1 aromatic carbocycles. The summed E-state index contributed by atoms with van der Waals surface area (Å²) in [6, 6.07) is 9.69. The number of carbonyl (C=O) groups excluding carboxylic acids is 1. The highest BCUT2D eigenvalue weighted by Gasteiger charge is 2.30. The van der Waals surface area contributed by atoms with Crippen LogP contribution >= 0.6 is 0 Å². The number of rotatable bonds is 7. The smallest absolute Gasteiger partial charge is 0.331 e. The van der Waals surface area contributed by atoms with Gasteiger partial charge in [-0.15, -0.1) is 0 Å². The fourth-order valence-corrected chi connectivity index (χ4v) is 2.57. The molecule has 146 valence electrons. The largest absolute Gasteiger partial charge is 0.479 e. The Hall–Kier alpha value is -3.42. The molecule has 28 heavy (non-hydrogen) atoms. The first-order valence-corrected chi connectivity index (χ1v) is 8.69. The van der Waals surface area contributed by atoms with Crippen LogP contribution in [0.5, 0.6) is 0 Å². The van der Waals surface area contributed by atoms with Gasteiger partial charge in [0.1, 0.15) is 17.3 Å². The van der Waals surface area contributed by atoms with Gasteiger partial charge in [0.15, 0.2) is 5.54 Å². The summed E-state index contributed by atoms with van der Waals surface area (Å²) in [7, 11) is 0. The molecule has 0 atom stereocenters. The molecule has 0 aliphatic carbocycles. The number of benzene rings is 1. The highest BCUT2D eigenvalue weighted by molar-refractivity contribution is 5.90. The van der Waals surface area contributed by atoms with Crippen molar-refractivity contribution < 1.29 is 23.5 Å². The standard InChI is InChI=1S/C20H20FN3O4/c1-20(2,19(26)27)24-12-13(11-22-24)23-18(25)10-8-14-7-9-17(28-14)15-5-3-4-6-16(15)21/h3-7,9,11-12H,8,10H2,1-2H3,(H,23,25)(H,26,27). The third-order valence-electron chi connectivity index (χ3n) is 4.36. The van der Waals surface area contributed by atoms with Crippen molar-refractivity contribution >= 4 is 17.6 Å². The number of carboxylic acid groups (broad SMARTS) is 1. The van der Waals surface area contributed by atoms with E-state index < -0.39 is 11.5 Å². The van der Waals surface area contributed by atoms with Gasteiger partial charge in [-0.1, -0.05) is 12.1 Å². The van der Waals surface area contributed by atoms with E-state index >= 15 is 0 Å². The van der Waals surface area contributed by atoms with E-state index in [9.17, 15) is 19.1 Å². The lowest BCUT2D eigenvalue weighted by Crippen LogP contribution is -2.35. The topological polar surface area (TPSA) is 97.4 Å². The fourth-order valence-electron chi connectivity index (χ4n) is 2.57. The van der Waals surface area contributed by atoms with Crippen LogP contribution in [0.3, 0.4) is 0 Å². The summed E-state index contributed by atoms with van der Waals surface area (Å²) in [5, 5.41) is 15.9. The van der Waals surface area contributed by atoms with Gasteiger partial charge < -0.3 is 14.8 Å². The lowest BCUT2D eigenvalue weighted by molar-refractivity contribution is -0.146. The summed E-state index contributed by atoms with van der Waals surface area (Å²) in [6.45, 7) is 3.02. The summed E-state index contributed by atoms with van der Waals surface area (Å²) < 4.78 is 20.7. The maximum absolute atomic E-state index is 13.8. The van der Waals surface area contributed by atoms with Gasteiger partial charge in [-0.25, -0.2) is 9.18 Å². The highest BCUT2D eigenvalue weighted by atomic mass is 19.1. The van der Waals surface area contributed by atoms with Crippen molar-refractivity contribution in [1.82, 2.24) is 9.78 Å². The number of aryl methyl sites for hydroxylation is 1. The average molecular weight is 385 g/mol. The minimum Gasteiger partial charge on any atom is -0.479 e. The Bertz CT molecular complexity index is 1010. The number of nitrogens with one attached hydrogen (secondary N) is 1. The van der Waals surface area contributed by atoms with Gasteiger partial charge >= 0.3 is 5.97 Å². The Morgan fingerprint density at radius 2 is 2.00 bits per heavy atom. The number of carbonyl (C=O) groups is 2. The number of carboxylic acids is 1. The van der Waals surface area contributed by atoms with E-state index in [0.717, 1.165) is 0 Å². The normalized spacial score (nSPS) is 11.4. The van der Waals surface area contributed by atoms with E-state index in [1.54, 1.807) is 30.3 Å². The Labute approximate surface area is 160 Å². The van der Waals surface area contributed by atoms with E-state index in [1.165, 1.54) is 37.0 Å². The Balaban J connectivity index is 1.58. The number of aromatic nitrogens is 2. The van der Waals surface area contributed by atoms with Crippen LogP contribution in [0.25, 0.3) is 11.3 Å². The summed E-state index contributed by atoms with van der Waals surface area (Å²) in [6.07, 6.45) is 3.35. The fraction of sp³-hybridized carbons (Fsp3) is 0.250. The molecule has 0 unspecified atom stereocenters. The van der Waals surface area contributed by atoms with Gasteiger partial charge in [0.2, 0.25) is 5.91 Å². The molecule has 2 heterocycles. The van der Waals surface area contributed by atoms with Crippen LogP contribution in [-0.4, -0.2) is 26.8 Å². The minimum atomic E-state index is -1.22. The Kier molecular flexibility index (Phi) is 5.30. The molecule has 0 saturated heterocycles. The van der Waals surface area contributed by atoms with E-state index in [-0.39, 0.29) is 18.1 Å². The third kappa shape index (κ3) is 4.11. The molecule has 8 heteroatoms. The molecule has 7 nitrogen and oxygen atoms in total. The molecule has 3 aromatic rings. The van der Waals surface area contributed by atoms with E-state index in [1.807, 2.05) is 0 Å². The van der Waals surface area contributed by atoms with Crippen LogP contribution in [0.4, 0.5) is 10.1 Å². The van der Waals surface area contributed by atoms with E-state index in [2.05, 4.69) is 10.4 Å². The molecular weight excluding hydrogens is 365 g/mol. The van der Waals surface area contributed by atoms with Gasteiger partial charge in [-0.3, -0.25) is 9.48 Å². The van der Waals surface area contributed by atoms with Crippen LogP contribution in [0.15, 0.2) is 53.2 Å². The van der Waals surface area contributed by atoms with Gasteiger partial charge in [0, 0.05) is 19.0 Å². The summed E-state index contributed by atoms with van der Waals surface area (Å²) >= 11 is 0. The quantitative estimate of drug-likeness (QED) is 0.647. The van der Waals surface area contributed by atoms with Gasteiger partial charge in [0.25, 0.3) is 0 Å². The molecule has 0 aliphatic rings. The first-order chi connectivity index (χ1) is 13.3. The van der Waals surface area contributed by atoms with Crippen molar-refractivity contribution in [2.75, 3.05) is 5.32 Å². The number of aliphatic carboxylic acids is 1.